The van der Waals surface area contributed by atoms with Crippen molar-refractivity contribution in [1.82, 2.24) is 0 Å². The zero-order chi connectivity index (χ0) is 11.1. The first kappa shape index (κ1) is 12.6. The van der Waals surface area contributed by atoms with E-state index in [0.717, 1.165) is 0 Å². The average molecular weight is 198 g/mol. The van der Waals surface area contributed by atoms with Crippen molar-refractivity contribution in [2.24, 2.45) is 0 Å². The summed E-state index contributed by atoms with van der Waals surface area (Å²) in [5.41, 5.74) is 0.335. The van der Waals surface area contributed by atoms with Crippen LogP contribution in [0.2, 0.25) is 0 Å². The van der Waals surface area contributed by atoms with E-state index in [4.69, 9.17) is 5.11 Å². The number of rotatable bonds is 5. The lowest BCUT2D eigenvalue weighted by atomic mass is 10.2. The number of hydrogen-bond donors (Lipinski definition) is 1. The molecule has 0 amide bonds. The highest BCUT2D eigenvalue weighted by Gasteiger charge is 2.13. The van der Waals surface area contributed by atoms with Crippen LogP contribution in [-0.2, 0) is 14.3 Å². The van der Waals surface area contributed by atoms with Gasteiger partial charge in [-0.15, -0.1) is 0 Å². The molecule has 0 rings (SSSR count). The molecular formula is C10H14O4. The van der Waals surface area contributed by atoms with E-state index in [-0.39, 0.29) is 17.8 Å². The Labute approximate surface area is 82.9 Å². The summed E-state index contributed by atoms with van der Waals surface area (Å²) in [6.45, 7) is 8.19. The number of ether oxygens (including phenoxy) is 1. The molecule has 0 bridgehead atoms. The van der Waals surface area contributed by atoms with Crippen molar-refractivity contribution in [2.75, 3.05) is 6.61 Å². The molecule has 1 N–H and O–H groups in total. The molecule has 0 unspecified atom stereocenters. The number of aliphatic hydroxyl groups is 1. The van der Waals surface area contributed by atoms with Crippen molar-refractivity contribution in [2.45, 2.75) is 19.8 Å². The SMILES string of the molecule is C=C(C)C(=O)OC(=O)C(=C)CCCO. The fourth-order valence-corrected chi connectivity index (χ4v) is 0.638. The summed E-state index contributed by atoms with van der Waals surface area (Å²) in [6, 6.07) is 0. The molecule has 0 fully saturated rings. The predicted molar refractivity (Wildman–Crippen MR) is 51.4 cm³/mol. The second kappa shape index (κ2) is 6.10. The minimum atomic E-state index is -0.758. The number of esters is 2. The quantitative estimate of drug-likeness (QED) is 0.406. The lowest BCUT2D eigenvalue weighted by Gasteiger charge is -2.03. The van der Waals surface area contributed by atoms with Gasteiger partial charge in [0, 0.05) is 17.8 Å². The molecule has 0 aliphatic carbocycles. The van der Waals surface area contributed by atoms with E-state index >= 15 is 0 Å². The summed E-state index contributed by atoms with van der Waals surface area (Å²) < 4.78 is 4.41. The van der Waals surface area contributed by atoms with Gasteiger partial charge in [-0.1, -0.05) is 13.2 Å². The molecule has 0 aromatic carbocycles. The van der Waals surface area contributed by atoms with Crippen LogP contribution in [-0.4, -0.2) is 23.7 Å². The summed E-state index contributed by atoms with van der Waals surface area (Å²) in [7, 11) is 0. The number of carbonyl (C=O) groups excluding carboxylic acids is 2. The summed E-state index contributed by atoms with van der Waals surface area (Å²) in [5, 5.41) is 8.49. The molecule has 0 radical (unpaired) electrons. The monoisotopic (exact) mass is 198 g/mol. The van der Waals surface area contributed by atoms with Crippen LogP contribution in [0, 0.1) is 0 Å². The van der Waals surface area contributed by atoms with E-state index in [0.29, 0.717) is 12.8 Å². The molecule has 0 atom stereocenters. The van der Waals surface area contributed by atoms with Gasteiger partial charge in [-0.3, -0.25) is 0 Å². The second-order valence-electron chi connectivity index (χ2n) is 2.89. The van der Waals surface area contributed by atoms with Gasteiger partial charge in [-0.05, 0) is 19.8 Å². The second-order valence-corrected chi connectivity index (χ2v) is 2.89. The number of carbonyl (C=O) groups is 2. The van der Waals surface area contributed by atoms with E-state index in [2.05, 4.69) is 17.9 Å². The Bertz CT molecular complexity index is 265. The summed E-state index contributed by atoms with van der Waals surface area (Å²) in [6.07, 6.45) is 0.744. The first-order chi connectivity index (χ1) is 6.49. The van der Waals surface area contributed by atoms with Crippen molar-refractivity contribution >= 4 is 11.9 Å². The lowest BCUT2D eigenvalue weighted by molar-refractivity contribution is -0.154. The van der Waals surface area contributed by atoms with Gasteiger partial charge in [0.2, 0.25) is 0 Å². The Hall–Kier alpha value is -1.42. The van der Waals surface area contributed by atoms with Crippen LogP contribution in [0.25, 0.3) is 0 Å². The highest BCUT2D eigenvalue weighted by molar-refractivity contribution is 6.00. The Morgan fingerprint density at radius 1 is 1.29 bits per heavy atom. The van der Waals surface area contributed by atoms with Crippen molar-refractivity contribution < 1.29 is 19.4 Å². The number of hydrogen-bond acceptors (Lipinski definition) is 4. The lowest BCUT2D eigenvalue weighted by Crippen LogP contribution is -2.14. The molecule has 78 valence electrons. The van der Waals surface area contributed by atoms with E-state index in [1.807, 2.05) is 0 Å². The fraction of sp³-hybridized carbons (Fsp3) is 0.400. The molecule has 4 nitrogen and oxygen atoms in total. The molecule has 0 heterocycles. The smallest absolute Gasteiger partial charge is 0.341 e. The Morgan fingerprint density at radius 3 is 2.29 bits per heavy atom. The Balaban J connectivity index is 4.02. The standard InChI is InChI=1S/C10H14O4/c1-7(2)9(12)14-10(13)8(3)5-4-6-11/h11H,1,3-6H2,2H3. The predicted octanol–water partition coefficient (Wildman–Crippen LogP) is 0.961. The third-order valence-electron chi connectivity index (χ3n) is 1.46. The van der Waals surface area contributed by atoms with Gasteiger partial charge in [-0.2, -0.15) is 0 Å². The van der Waals surface area contributed by atoms with Crippen LogP contribution in [0.1, 0.15) is 19.8 Å². The number of aliphatic hydroxyl groups excluding tert-OH is 1. The highest BCUT2D eigenvalue weighted by Crippen LogP contribution is 2.05. The molecule has 0 spiro atoms. The molecule has 0 aliphatic heterocycles. The van der Waals surface area contributed by atoms with E-state index < -0.39 is 11.9 Å². The van der Waals surface area contributed by atoms with Crippen LogP contribution < -0.4 is 0 Å². The Morgan fingerprint density at radius 2 is 1.86 bits per heavy atom. The third kappa shape index (κ3) is 4.57. The molecular weight excluding hydrogens is 184 g/mol. The Kier molecular flexibility index (Phi) is 5.48. The van der Waals surface area contributed by atoms with Gasteiger partial charge in [0.05, 0.1) is 0 Å². The normalized spacial score (nSPS) is 9.29. The van der Waals surface area contributed by atoms with Crippen LogP contribution in [0.3, 0.4) is 0 Å². The summed E-state index contributed by atoms with van der Waals surface area (Å²) in [4.78, 5) is 22.0. The van der Waals surface area contributed by atoms with Gasteiger partial charge in [0.15, 0.2) is 0 Å². The van der Waals surface area contributed by atoms with Crippen LogP contribution in [0.4, 0.5) is 0 Å². The first-order valence-electron chi connectivity index (χ1n) is 4.19. The maximum atomic E-state index is 11.1. The van der Waals surface area contributed by atoms with Crippen molar-refractivity contribution in [3.8, 4) is 0 Å². The van der Waals surface area contributed by atoms with E-state index in [1.54, 1.807) is 0 Å². The van der Waals surface area contributed by atoms with Gasteiger partial charge in [-0.25, -0.2) is 9.59 Å². The fourth-order valence-electron chi connectivity index (χ4n) is 0.638. The topological polar surface area (TPSA) is 63.6 Å². The average Bonchev–Trinajstić information content (AvgIpc) is 2.13. The van der Waals surface area contributed by atoms with Gasteiger partial charge >= 0.3 is 11.9 Å². The summed E-state index contributed by atoms with van der Waals surface area (Å²) >= 11 is 0. The maximum Gasteiger partial charge on any atom is 0.341 e. The van der Waals surface area contributed by atoms with Crippen LogP contribution in [0.15, 0.2) is 24.3 Å². The van der Waals surface area contributed by atoms with Crippen molar-refractivity contribution in [3.05, 3.63) is 24.3 Å². The molecule has 0 saturated carbocycles. The van der Waals surface area contributed by atoms with Crippen molar-refractivity contribution in [1.29, 1.82) is 0 Å². The summed E-state index contributed by atoms with van der Waals surface area (Å²) in [5.74, 6) is -1.51. The third-order valence-corrected chi connectivity index (χ3v) is 1.46. The zero-order valence-electron chi connectivity index (χ0n) is 8.21. The molecule has 4 heteroatoms. The van der Waals surface area contributed by atoms with E-state index in [9.17, 15) is 9.59 Å². The first-order valence-corrected chi connectivity index (χ1v) is 4.19. The molecule has 0 aliphatic rings. The maximum absolute atomic E-state index is 11.1. The van der Waals surface area contributed by atoms with Crippen molar-refractivity contribution in [3.63, 3.8) is 0 Å². The highest BCUT2D eigenvalue weighted by atomic mass is 16.6. The molecule has 0 saturated heterocycles. The van der Waals surface area contributed by atoms with Gasteiger partial charge in [0.25, 0.3) is 0 Å². The zero-order valence-corrected chi connectivity index (χ0v) is 8.21. The van der Waals surface area contributed by atoms with E-state index in [1.165, 1.54) is 6.92 Å². The van der Waals surface area contributed by atoms with Gasteiger partial charge in [0.1, 0.15) is 0 Å². The molecule has 14 heavy (non-hydrogen) atoms. The largest absolute Gasteiger partial charge is 0.396 e. The van der Waals surface area contributed by atoms with Gasteiger partial charge < -0.3 is 9.84 Å². The molecule has 0 aromatic rings. The van der Waals surface area contributed by atoms with Crippen LogP contribution in [0.5, 0.6) is 0 Å². The van der Waals surface area contributed by atoms with Crippen LogP contribution >= 0.6 is 0 Å². The minimum absolute atomic E-state index is 0.0271. The minimum Gasteiger partial charge on any atom is -0.396 e. The molecule has 0 aromatic heterocycles.